The van der Waals surface area contributed by atoms with Crippen LogP contribution in [0.5, 0.6) is 0 Å². The van der Waals surface area contributed by atoms with Crippen LogP contribution in [0.1, 0.15) is 49.1 Å². The SMILES string of the molecule is Cc1cc(CNC2CCCCC2)c(C)n1-c1ccc(F)cc1. The average Bonchev–Trinajstić information content (AvgIpc) is 2.82. The number of halogens is 1. The van der Waals surface area contributed by atoms with Crippen molar-refractivity contribution in [2.24, 2.45) is 0 Å². The van der Waals surface area contributed by atoms with Gasteiger partial charge < -0.3 is 9.88 Å². The largest absolute Gasteiger partial charge is 0.318 e. The van der Waals surface area contributed by atoms with E-state index in [0.717, 1.165) is 12.2 Å². The predicted molar refractivity (Wildman–Crippen MR) is 88.9 cm³/mol. The van der Waals surface area contributed by atoms with E-state index in [0.29, 0.717) is 6.04 Å². The van der Waals surface area contributed by atoms with Crippen molar-refractivity contribution in [3.05, 3.63) is 53.1 Å². The molecule has 1 aliphatic carbocycles. The Labute approximate surface area is 132 Å². The van der Waals surface area contributed by atoms with E-state index in [-0.39, 0.29) is 5.82 Å². The zero-order valence-electron chi connectivity index (χ0n) is 13.5. The summed E-state index contributed by atoms with van der Waals surface area (Å²) in [5.41, 5.74) is 4.81. The van der Waals surface area contributed by atoms with Crippen molar-refractivity contribution in [1.29, 1.82) is 0 Å². The minimum atomic E-state index is -0.189. The summed E-state index contributed by atoms with van der Waals surface area (Å²) < 4.78 is 15.3. The second-order valence-electron chi connectivity index (χ2n) is 6.42. The van der Waals surface area contributed by atoms with Crippen molar-refractivity contribution in [2.75, 3.05) is 0 Å². The molecule has 3 heteroatoms. The third-order valence-electron chi connectivity index (χ3n) is 4.81. The third kappa shape index (κ3) is 3.25. The van der Waals surface area contributed by atoms with Gasteiger partial charge in [-0.25, -0.2) is 4.39 Å². The smallest absolute Gasteiger partial charge is 0.123 e. The maximum absolute atomic E-state index is 13.1. The molecule has 0 saturated heterocycles. The highest BCUT2D eigenvalue weighted by Gasteiger charge is 2.15. The van der Waals surface area contributed by atoms with Gasteiger partial charge in [-0.2, -0.15) is 0 Å². The van der Waals surface area contributed by atoms with Crippen LogP contribution in [0.25, 0.3) is 5.69 Å². The molecule has 1 aromatic carbocycles. The van der Waals surface area contributed by atoms with Crippen molar-refractivity contribution < 1.29 is 4.39 Å². The highest BCUT2D eigenvalue weighted by molar-refractivity contribution is 5.41. The predicted octanol–water partition coefficient (Wildman–Crippen LogP) is 4.66. The molecule has 0 unspecified atom stereocenters. The maximum atomic E-state index is 13.1. The van der Waals surface area contributed by atoms with E-state index in [1.54, 1.807) is 0 Å². The van der Waals surface area contributed by atoms with E-state index in [2.05, 4.69) is 29.8 Å². The van der Waals surface area contributed by atoms with Crippen LogP contribution in [0, 0.1) is 19.7 Å². The molecule has 0 bridgehead atoms. The Morgan fingerprint density at radius 3 is 2.45 bits per heavy atom. The molecule has 3 rings (SSSR count). The van der Waals surface area contributed by atoms with Gasteiger partial charge in [-0.1, -0.05) is 19.3 Å². The van der Waals surface area contributed by atoms with Crippen molar-refractivity contribution in [1.82, 2.24) is 9.88 Å². The number of hydrogen-bond acceptors (Lipinski definition) is 1. The summed E-state index contributed by atoms with van der Waals surface area (Å²) in [4.78, 5) is 0. The van der Waals surface area contributed by atoms with Crippen LogP contribution in [0.3, 0.4) is 0 Å². The maximum Gasteiger partial charge on any atom is 0.123 e. The zero-order valence-corrected chi connectivity index (χ0v) is 13.5. The molecule has 22 heavy (non-hydrogen) atoms. The van der Waals surface area contributed by atoms with Gasteiger partial charge in [0.15, 0.2) is 0 Å². The first kappa shape index (κ1) is 15.3. The first-order valence-corrected chi connectivity index (χ1v) is 8.32. The van der Waals surface area contributed by atoms with E-state index in [1.165, 1.54) is 61.2 Å². The minimum absolute atomic E-state index is 0.189. The molecule has 0 aliphatic heterocycles. The summed E-state index contributed by atoms with van der Waals surface area (Å²) in [6, 6.07) is 9.64. The molecule has 1 fully saturated rings. The van der Waals surface area contributed by atoms with Crippen LogP contribution in [0.15, 0.2) is 30.3 Å². The lowest BCUT2D eigenvalue weighted by atomic mass is 9.95. The van der Waals surface area contributed by atoms with E-state index < -0.39 is 0 Å². The summed E-state index contributed by atoms with van der Waals surface area (Å²) in [7, 11) is 0. The molecule has 2 nitrogen and oxygen atoms in total. The fourth-order valence-corrected chi connectivity index (χ4v) is 3.56. The van der Waals surface area contributed by atoms with Gasteiger partial charge in [0.1, 0.15) is 5.82 Å². The summed E-state index contributed by atoms with van der Waals surface area (Å²) in [6.45, 7) is 5.18. The van der Waals surface area contributed by atoms with Crippen LogP contribution in [0.2, 0.25) is 0 Å². The summed E-state index contributed by atoms with van der Waals surface area (Å²) >= 11 is 0. The number of nitrogens with one attached hydrogen (secondary N) is 1. The average molecular weight is 300 g/mol. The molecule has 118 valence electrons. The lowest BCUT2D eigenvalue weighted by Crippen LogP contribution is -2.30. The Balaban J connectivity index is 1.76. The molecule has 0 radical (unpaired) electrons. The third-order valence-corrected chi connectivity index (χ3v) is 4.81. The molecule has 0 spiro atoms. The van der Waals surface area contributed by atoms with Gasteiger partial charge in [-0.05, 0) is 62.6 Å². The van der Waals surface area contributed by atoms with Crippen molar-refractivity contribution in [2.45, 2.75) is 58.5 Å². The summed E-state index contributed by atoms with van der Waals surface area (Å²) in [6.07, 6.45) is 6.70. The van der Waals surface area contributed by atoms with Gasteiger partial charge in [0.25, 0.3) is 0 Å². The number of aryl methyl sites for hydroxylation is 1. The standard InChI is InChI=1S/C19H25FN2/c1-14-12-16(13-21-18-6-4-3-5-7-18)15(2)22(14)19-10-8-17(20)9-11-19/h8-12,18,21H,3-7,13H2,1-2H3. The Kier molecular flexibility index (Phi) is 4.63. The molecule has 0 atom stereocenters. The van der Waals surface area contributed by atoms with E-state index >= 15 is 0 Å². The fraction of sp³-hybridized carbons (Fsp3) is 0.474. The molecular formula is C19H25FN2. The number of hydrogen-bond donors (Lipinski definition) is 1. The lowest BCUT2D eigenvalue weighted by molar-refractivity contribution is 0.372. The van der Waals surface area contributed by atoms with Crippen LogP contribution < -0.4 is 5.32 Å². The van der Waals surface area contributed by atoms with Gasteiger partial charge in [-0.15, -0.1) is 0 Å². The molecule has 1 aliphatic rings. The number of aromatic nitrogens is 1. The highest BCUT2D eigenvalue weighted by atomic mass is 19.1. The summed E-state index contributed by atoms with van der Waals surface area (Å²) in [5, 5.41) is 3.71. The van der Waals surface area contributed by atoms with Gasteiger partial charge in [0, 0.05) is 29.7 Å². The first-order valence-electron chi connectivity index (χ1n) is 8.32. The minimum Gasteiger partial charge on any atom is -0.318 e. The van der Waals surface area contributed by atoms with Gasteiger partial charge >= 0.3 is 0 Å². The van der Waals surface area contributed by atoms with Crippen molar-refractivity contribution in [3.8, 4) is 5.69 Å². The fourth-order valence-electron chi connectivity index (χ4n) is 3.56. The Morgan fingerprint density at radius 2 is 1.77 bits per heavy atom. The molecule has 1 heterocycles. The lowest BCUT2D eigenvalue weighted by Gasteiger charge is -2.22. The Hall–Kier alpha value is -1.61. The second-order valence-corrected chi connectivity index (χ2v) is 6.42. The highest BCUT2D eigenvalue weighted by Crippen LogP contribution is 2.22. The van der Waals surface area contributed by atoms with Crippen LogP contribution in [-0.4, -0.2) is 10.6 Å². The number of rotatable bonds is 4. The molecule has 1 N–H and O–H groups in total. The van der Waals surface area contributed by atoms with E-state index in [4.69, 9.17) is 0 Å². The quantitative estimate of drug-likeness (QED) is 0.869. The molecule has 1 saturated carbocycles. The van der Waals surface area contributed by atoms with Crippen LogP contribution >= 0.6 is 0 Å². The monoisotopic (exact) mass is 300 g/mol. The van der Waals surface area contributed by atoms with E-state index in [1.807, 2.05) is 12.1 Å². The second kappa shape index (κ2) is 6.66. The normalized spacial score (nSPS) is 16.1. The van der Waals surface area contributed by atoms with Gasteiger partial charge in [0.05, 0.1) is 0 Å². The van der Waals surface area contributed by atoms with Crippen molar-refractivity contribution >= 4 is 0 Å². The van der Waals surface area contributed by atoms with E-state index in [9.17, 15) is 4.39 Å². The molecular weight excluding hydrogens is 275 g/mol. The van der Waals surface area contributed by atoms with Crippen LogP contribution in [-0.2, 0) is 6.54 Å². The summed E-state index contributed by atoms with van der Waals surface area (Å²) in [5.74, 6) is -0.189. The van der Waals surface area contributed by atoms with Crippen LogP contribution in [0.4, 0.5) is 4.39 Å². The molecule has 0 amide bonds. The molecule has 1 aromatic heterocycles. The van der Waals surface area contributed by atoms with Gasteiger partial charge in [-0.3, -0.25) is 0 Å². The number of benzene rings is 1. The Morgan fingerprint density at radius 1 is 1.09 bits per heavy atom. The topological polar surface area (TPSA) is 17.0 Å². The number of nitrogens with zero attached hydrogens (tertiary/aromatic N) is 1. The zero-order chi connectivity index (χ0) is 15.5. The van der Waals surface area contributed by atoms with Gasteiger partial charge in [0.2, 0.25) is 0 Å². The first-order chi connectivity index (χ1) is 10.6. The Bertz CT molecular complexity index is 622. The van der Waals surface area contributed by atoms with Crippen molar-refractivity contribution in [3.63, 3.8) is 0 Å². The molecule has 2 aromatic rings.